The van der Waals surface area contributed by atoms with Gasteiger partial charge in [-0.15, -0.1) is 0 Å². The summed E-state index contributed by atoms with van der Waals surface area (Å²) >= 11 is 0. The summed E-state index contributed by atoms with van der Waals surface area (Å²) in [6.07, 6.45) is 10.00. The van der Waals surface area contributed by atoms with E-state index in [0.29, 0.717) is 5.41 Å². The molecule has 0 saturated carbocycles. The van der Waals surface area contributed by atoms with Crippen molar-refractivity contribution in [3.63, 3.8) is 0 Å². The summed E-state index contributed by atoms with van der Waals surface area (Å²) in [5.74, 6) is 0. The highest BCUT2D eigenvalue weighted by molar-refractivity contribution is 6.15. The van der Waals surface area contributed by atoms with Gasteiger partial charge in [-0.2, -0.15) is 0 Å². The Bertz CT molecular complexity index is 162. The molecular formula is C15H31B. The molecule has 0 rings (SSSR count). The third-order valence-electron chi connectivity index (χ3n) is 4.63. The molecule has 0 saturated heterocycles. The smallest absolute Gasteiger partial charge is 0.0655 e. The van der Waals surface area contributed by atoms with Crippen LogP contribution in [0.3, 0.4) is 0 Å². The molecule has 0 atom stereocenters. The van der Waals surface area contributed by atoms with Gasteiger partial charge in [0.1, 0.15) is 0 Å². The summed E-state index contributed by atoms with van der Waals surface area (Å²) < 4.78 is 0. The van der Waals surface area contributed by atoms with E-state index in [4.69, 9.17) is 7.85 Å². The van der Waals surface area contributed by atoms with Gasteiger partial charge in [-0.1, -0.05) is 78.5 Å². The van der Waals surface area contributed by atoms with Crippen LogP contribution in [0.15, 0.2) is 0 Å². The predicted octanol–water partition coefficient (Wildman–Crippen LogP) is 5.52. The van der Waals surface area contributed by atoms with Crippen molar-refractivity contribution in [1.82, 2.24) is 0 Å². The highest BCUT2D eigenvalue weighted by Gasteiger charge is 2.39. The fraction of sp³-hybridized carbons (Fsp3) is 1.00. The van der Waals surface area contributed by atoms with Crippen LogP contribution in [0.1, 0.15) is 86.0 Å². The van der Waals surface area contributed by atoms with Gasteiger partial charge in [0.2, 0.25) is 0 Å². The minimum absolute atomic E-state index is 0.0390. The maximum atomic E-state index is 6.66. The van der Waals surface area contributed by atoms with Crippen molar-refractivity contribution in [2.75, 3.05) is 0 Å². The summed E-state index contributed by atoms with van der Waals surface area (Å²) in [5.41, 5.74) is 0.336. The maximum Gasteiger partial charge on any atom is 0.0753 e. The van der Waals surface area contributed by atoms with Crippen molar-refractivity contribution in [2.45, 2.75) is 91.3 Å². The average Bonchev–Trinajstić information content (AvgIpc) is 2.32. The Morgan fingerprint density at radius 2 is 1.19 bits per heavy atom. The second-order valence-corrected chi connectivity index (χ2v) is 5.63. The predicted molar refractivity (Wildman–Crippen MR) is 76.2 cm³/mol. The second kappa shape index (κ2) is 7.40. The summed E-state index contributed by atoms with van der Waals surface area (Å²) in [6, 6.07) is 0. The molecule has 0 nitrogen and oxygen atoms in total. The normalized spacial score (nSPS) is 13.1. The molecule has 0 spiro atoms. The largest absolute Gasteiger partial charge is 0.0753 e. The molecule has 94 valence electrons. The van der Waals surface area contributed by atoms with Crippen LogP contribution in [0, 0.1) is 5.41 Å². The van der Waals surface area contributed by atoms with Gasteiger partial charge in [-0.3, -0.25) is 0 Å². The van der Waals surface area contributed by atoms with Crippen LogP contribution in [-0.4, -0.2) is 7.85 Å². The van der Waals surface area contributed by atoms with Gasteiger partial charge >= 0.3 is 0 Å². The van der Waals surface area contributed by atoms with E-state index in [1.54, 1.807) is 0 Å². The summed E-state index contributed by atoms with van der Waals surface area (Å²) in [5, 5.41) is 0.0390. The summed E-state index contributed by atoms with van der Waals surface area (Å²) in [6.45, 7) is 11.5. The van der Waals surface area contributed by atoms with Crippen LogP contribution in [0.25, 0.3) is 0 Å². The monoisotopic (exact) mass is 222 g/mol. The van der Waals surface area contributed by atoms with Crippen LogP contribution in [0.5, 0.6) is 0 Å². The van der Waals surface area contributed by atoms with Crippen molar-refractivity contribution in [2.24, 2.45) is 5.41 Å². The fourth-order valence-corrected chi connectivity index (χ4v) is 2.86. The minimum Gasteiger partial charge on any atom is -0.0655 e. The number of hydrogen-bond donors (Lipinski definition) is 0. The maximum absolute atomic E-state index is 6.66. The van der Waals surface area contributed by atoms with Crippen molar-refractivity contribution < 1.29 is 0 Å². The van der Waals surface area contributed by atoms with E-state index in [1.165, 1.54) is 38.5 Å². The Morgan fingerprint density at radius 3 is 1.44 bits per heavy atom. The van der Waals surface area contributed by atoms with Gasteiger partial charge in [0.25, 0.3) is 0 Å². The van der Waals surface area contributed by atoms with Crippen molar-refractivity contribution in [3.05, 3.63) is 0 Å². The summed E-state index contributed by atoms with van der Waals surface area (Å²) in [4.78, 5) is 0. The van der Waals surface area contributed by atoms with Gasteiger partial charge in [0.05, 0.1) is 7.85 Å². The Kier molecular flexibility index (Phi) is 7.43. The summed E-state index contributed by atoms with van der Waals surface area (Å²) in [7, 11) is 6.66. The Labute approximate surface area is 105 Å². The fourth-order valence-electron chi connectivity index (χ4n) is 2.86. The van der Waals surface area contributed by atoms with Crippen molar-refractivity contribution >= 4 is 7.85 Å². The van der Waals surface area contributed by atoms with Crippen LogP contribution in [0.4, 0.5) is 0 Å². The van der Waals surface area contributed by atoms with E-state index in [0.717, 1.165) is 12.8 Å². The standard InChI is InChI=1S/C15H31B/c1-6-10-12-14(5,13-11-7-2)15(16,8-3)9-4/h6-13H2,1-5H3. The molecule has 0 aromatic carbocycles. The highest BCUT2D eigenvalue weighted by atomic mass is 14.4. The highest BCUT2D eigenvalue weighted by Crippen LogP contribution is 2.54. The number of unbranched alkanes of at least 4 members (excludes halogenated alkanes) is 2. The molecule has 0 fully saturated rings. The number of rotatable bonds is 9. The van der Waals surface area contributed by atoms with Crippen molar-refractivity contribution in [3.8, 4) is 0 Å². The molecule has 0 aliphatic rings. The molecule has 0 aliphatic heterocycles. The molecule has 0 aliphatic carbocycles. The molecule has 0 N–H and O–H groups in total. The molecule has 0 unspecified atom stereocenters. The lowest BCUT2D eigenvalue weighted by molar-refractivity contribution is 0.151. The van der Waals surface area contributed by atoms with E-state index in [9.17, 15) is 0 Å². The van der Waals surface area contributed by atoms with E-state index >= 15 is 0 Å². The molecule has 1 heteroatoms. The van der Waals surface area contributed by atoms with Crippen molar-refractivity contribution in [1.29, 1.82) is 0 Å². The Balaban J connectivity index is 4.73. The lowest BCUT2D eigenvalue weighted by atomic mass is 9.48. The molecule has 0 amide bonds. The first-order valence-corrected chi connectivity index (χ1v) is 7.28. The lowest BCUT2D eigenvalue weighted by Gasteiger charge is -2.47. The quantitative estimate of drug-likeness (QED) is 0.450. The number of hydrogen-bond acceptors (Lipinski definition) is 0. The van der Waals surface area contributed by atoms with Gasteiger partial charge in [0.15, 0.2) is 0 Å². The minimum atomic E-state index is 0.0390. The van der Waals surface area contributed by atoms with Gasteiger partial charge in [0, 0.05) is 0 Å². The third kappa shape index (κ3) is 3.82. The molecule has 0 aromatic rings. The average molecular weight is 222 g/mol. The Morgan fingerprint density at radius 1 is 0.812 bits per heavy atom. The van der Waals surface area contributed by atoms with Crippen LogP contribution in [0.2, 0.25) is 5.31 Å². The first-order chi connectivity index (χ1) is 7.49. The van der Waals surface area contributed by atoms with E-state index < -0.39 is 0 Å². The Hall–Kier alpha value is 0.0649. The zero-order valence-corrected chi connectivity index (χ0v) is 12.2. The zero-order chi connectivity index (χ0) is 12.7. The van der Waals surface area contributed by atoms with Gasteiger partial charge in [-0.05, 0) is 18.3 Å². The topological polar surface area (TPSA) is 0 Å². The van der Waals surface area contributed by atoms with Crippen LogP contribution >= 0.6 is 0 Å². The molecule has 0 bridgehead atoms. The first kappa shape index (κ1) is 16.1. The van der Waals surface area contributed by atoms with Gasteiger partial charge in [-0.25, -0.2) is 0 Å². The lowest BCUT2D eigenvalue weighted by Crippen LogP contribution is -2.34. The second-order valence-electron chi connectivity index (χ2n) is 5.63. The van der Waals surface area contributed by atoms with Crippen LogP contribution < -0.4 is 0 Å². The van der Waals surface area contributed by atoms with E-state index in [-0.39, 0.29) is 5.31 Å². The molecular weight excluding hydrogens is 191 g/mol. The van der Waals surface area contributed by atoms with E-state index in [2.05, 4.69) is 34.6 Å². The molecule has 0 aromatic heterocycles. The molecule has 16 heavy (non-hydrogen) atoms. The SMILES string of the molecule is [B]C(CC)(CC)C(C)(CCCC)CCCC. The third-order valence-corrected chi connectivity index (χ3v) is 4.63. The zero-order valence-electron chi connectivity index (χ0n) is 12.2. The molecule has 0 heterocycles. The van der Waals surface area contributed by atoms with Gasteiger partial charge < -0.3 is 0 Å². The van der Waals surface area contributed by atoms with E-state index in [1.807, 2.05) is 0 Å². The molecule has 2 radical (unpaired) electrons. The first-order valence-electron chi connectivity index (χ1n) is 7.28. The van der Waals surface area contributed by atoms with Crippen LogP contribution in [-0.2, 0) is 0 Å².